The molecule has 0 N–H and O–H groups in total. The summed E-state index contributed by atoms with van der Waals surface area (Å²) in [4.78, 5) is 0. The number of ether oxygens (including phenoxy) is 13. The van der Waals surface area contributed by atoms with Gasteiger partial charge in [0.25, 0.3) is 0 Å². The minimum absolute atomic E-state index is 0.517. The average molecular weight is 715 g/mol. The Hall–Kier alpha value is -0.520. The third-order valence-electron chi connectivity index (χ3n) is 6.81. The van der Waals surface area contributed by atoms with Crippen LogP contribution in [0.2, 0.25) is 0 Å². The predicted molar refractivity (Wildman–Crippen MR) is 189 cm³/mol. The third kappa shape index (κ3) is 47.5. The van der Waals surface area contributed by atoms with Crippen molar-refractivity contribution in [3.8, 4) is 0 Å². The molecule has 0 aromatic rings. The number of hydrogen-bond donors (Lipinski definition) is 0. The number of hydrogen-bond acceptors (Lipinski definition) is 13. The largest absolute Gasteiger partial charge is 0.379 e. The Balaban J connectivity index is 3.04. The van der Waals surface area contributed by atoms with Gasteiger partial charge in [0, 0.05) is 13.2 Å². The molecule has 0 saturated carbocycles. The van der Waals surface area contributed by atoms with Crippen LogP contribution in [0.25, 0.3) is 0 Å². The molecule has 0 fully saturated rings. The highest BCUT2D eigenvalue weighted by Gasteiger charge is 1.97. The molecular formula is C36H74O13. The van der Waals surface area contributed by atoms with E-state index in [0.717, 1.165) is 13.0 Å². The first-order valence-electron chi connectivity index (χ1n) is 18.9. The molecule has 0 aliphatic carbocycles. The van der Waals surface area contributed by atoms with Crippen molar-refractivity contribution in [1.29, 1.82) is 0 Å². The van der Waals surface area contributed by atoms with E-state index in [1.54, 1.807) is 0 Å². The van der Waals surface area contributed by atoms with Gasteiger partial charge in [-0.3, -0.25) is 0 Å². The van der Waals surface area contributed by atoms with Crippen LogP contribution in [-0.2, 0) is 61.6 Å². The highest BCUT2D eigenvalue weighted by molar-refractivity contribution is 4.46. The average Bonchev–Trinajstić information content (AvgIpc) is 3.11. The van der Waals surface area contributed by atoms with E-state index >= 15 is 0 Å². The molecular weight excluding hydrogens is 640 g/mol. The molecule has 0 atom stereocenters. The van der Waals surface area contributed by atoms with Crippen molar-refractivity contribution in [2.45, 2.75) is 65.2 Å². The summed E-state index contributed by atoms with van der Waals surface area (Å²) in [5, 5.41) is 0. The van der Waals surface area contributed by atoms with Gasteiger partial charge in [0.1, 0.15) is 0 Å². The molecule has 0 saturated heterocycles. The number of rotatable bonds is 46. The lowest BCUT2D eigenvalue weighted by atomic mass is 10.1. The van der Waals surface area contributed by atoms with Crippen molar-refractivity contribution in [3.63, 3.8) is 0 Å². The van der Waals surface area contributed by atoms with Gasteiger partial charge in [-0.25, -0.2) is 0 Å². The molecule has 13 nitrogen and oxygen atoms in total. The van der Waals surface area contributed by atoms with E-state index in [2.05, 4.69) is 6.92 Å². The molecule has 0 amide bonds. The molecule has 0 unspecified atom stereocenters. The van der Waals surface area contributed by atoms with Crippen molar-refractivity contribution in [2.75, 3.05) is 172 Å². The highest BCUT2D eigenvalue weighted by Crippen LogP contribution is 2.08. The third-order valence-corrected chi connectivity index (χ3v) is 6.81. The van der Waals surface area contributed by atoms with Gasteiger partial charge in [0.15, 0.2) is 0 Å². The Bertz CT molecular complexity index is 517. The zero-order valence-corrected chi connectivity index (χ0v) is 31.3. The molecule has 0 radical (unpaired) electrons. The second-order valence-electron chi connectivity index (χ2n) is 11.0. The summed E-state index contributed by atoms with van der Waals surface area (Å²) in [6, 6.07) is 0. The van der Waals surface area contributed by atoms with E-state index < -0.39 is 0 Å². The van der Waals surface area contributed by atoms with Crippen LogP contribution < -0.4 is 0 Å². The SMILES string of the molecule is CCCCCCCCCCOCCOCCOCCOCCOCCOCCOCCOCCOCCOCCOCCOCCOCC. The summed E-state index contributed by atoms with van der Waals surface area (Å²) >= 11 is 0. The standard InChI is InChI=1S/C36H74O13/c1-3-5-6-7-8-9-10-11-12-38-15-16-40-19-20-42-23-24-44-27-28-46-31-32-48-35-36-49-34-33-47-30-29-45-26-25-43-22-21-41-18-17-39-14-13-37-4-2/h3-36H2,1-2H3. The second kappa shape index (κ2) is 47.5. The van der Waals surface area contributed by atoms with Crippen LogP contribution in [0.3, 0.4) is 0 Å². The smallest absolute Gasteiger partial charge is 0.0701 e. The number of unbranched alkanes of at least 4 members (excludes halogenated alkanes) is 7. The van der Waals surface area contributed by atoms with Gasteiger partial charge in [-0.1, -0.05) is 51.9 Å². The minimum Gasteiger partial charge on any atom is -0.379 e. The van der Waals surface area contributed by atoms with E-state index in [1.807, 2.05) is 6.92 Å². The quantitative estimate of drug-likeness (QED) is 0.0832. The molecule has 0 aliphatic heterocycles. The van der Waals surface area contributed by atoms with Crippen molar-refractivity contribution < 1.29 is 61.6 Å². The molecule has 49 heavy (non-hydrogen) atoms. The van der Waals surface area contributed by atoms with E-state index in [0.29, 0.717) is 165 Å². The van der Waals surface area contributed by atoms with E-state index in [-0.39, 0.29) is 0 Å². The Kier molecular flexibility index (Phi) is 47.0. The van der Waals surface area contributed by atoms with Gasteiger partial charge >= 0.3 is 0 Å². The fourth-order valence-electron chi connectivity index (χ4n) is 4.12. The molecule has 0 rings (SSSR count). The summed E-state index contributed by atoms with van der Waals surface area (Å²) in [5.41, 5.74) is 0. The fraction of sp³-hybridized carbons (Fsp3) is 1.00. The zero-order valence-electron chi connectivity index (χ0n) is 31.3. The maximum atomic E-state index is 5.62. The minimum atomic E-state index is 0.517. The van der Waals surface area contributed by atoms with Gasteiger partial charge in [-0.15, -0.1) is 0 Å². The van der Waals surface area contributed by atoms with Gasteiger partial charge in [0.2, 0.25) is 0 Å². The molecule has 0 aliphatic rings. The Morgan fingerprint density at radius 1 is 0.184 bits per heavy atom. The monoisotopic (exact) mass is 715 g/mol. The molecule has 0 heterocycles. The van der Waals surface area contributed by atoms with E-state index in [9.17, 15) is 0 Å². The fourth-order valence-corrected chi connectivity index (χ4v) is 4.12. The molecule has 0 aromatic carbocycles. The molecule has 0 aromatic heterocycles. The van der Waals surface area contributed by atoms with E-state index in [4.69, 9.17) is 61.6 Å². The van der Waals surface area contributed by atoms with Crippen LogP contribution in [0.1, 0.15) is 65.2 Å². The summed E-state index contributed by atoms with van der Waals surface area (Å²) < 4.78 is 71.1. The van der Waals surface area contributed by atoms with Gasteiger partial charge < -0.3 is 61.6 Å². The van der Waals surface area contributed by atoms with Crippen LogP contribution in [0.5, 0.6) is 0 Å². The summed E-state index contributed by atoms with van der Waals surface area (Å²) in [6.45, 7) is 18.9. The zero-order chi connectivity index (χ0) is 35.2. The van der Waals surface area contributed by atoms with Crippen molar-refractivity contribution in [1.82, 2.24) is 0 Å². The Morgan fingerprint density at radius 3 is 0.592 bits per heavy atom. The van der Waals surface area contributed by atoms with E-state index in [1.165, 1.54) is 44.9 Å². The molecule has 0 spiro atoms. The molecule has 296 valence electrons. The Morgan fingerprint density at radius 2 is 0.367 bits per heavy atom. The van der Waals surface area contributed by atoms with Crippen LogP contribution in [0.4, 0.5) is 0 Å². The van der Waals surface area contributed by atoms with Crippen LogP contribution in [-0.4, -0.2) is 172 Å². The normalized spacial score (nSPS) is 11.6. The van der Waals surface area contributed by atoms with Crippen LogP contribution in [0.15, 0.2) is 0 Å². The topological polar surface area (TPSA) is 120 Å². The van der Waals surface area contributed by atoms with Crippen molar-refractivity contribution in [2.24, 2.45) is 0 Å². The Labute approximate surface area is 298 Å². The summed E-state index contributed by atoms with van der Waals surface area (Å²) in [6.07, 6.45) is 10.5. The maximum absolute atomic E-state index is 5.62. The lowest BCUT2D eigenvalue weighted by molar-refractivity contribution is -0.0289. The van der Waals surface area contributed by atoms with Crippen LogP contribution >= 0.6 is 0 Å². The first-order chi connectivity index (χ1) is 24.4. The van der Waals surface area contributed by atoms with Crippen molar-refractivity contribution in [3.05, 3.63) is 0 Å². The summed E-state index contributed by atoms with van der Waals surface area (Å²) in [7, 11) is 0. The molecule has 0 bridgehead atoms. The first-order valence-corrected chi connectivity index (χ1v) is 18.9. The molecule has 13 heteroatoms. The van der Waals surface area contributed by atoms with Gasteiger partial charge in [-0.2, -0.15) is 0 Å². The van der Waals surface area contributed by atoms with Gasteiger partial charge in [-0.05, 0) is 13.3 Å². The highest BCUT2D eigenvalue weighted by atomic mass is 16.6. The van der Waals surface area contributed by atoms with Gasteiger partial charge in [0.05, 0.1) is 159 Å². The second-order valence-corrected chi connectivity index (χ2v) is 11.0. The maximum Gasteiger partial charge on any atom is 0.0701 e. The summed E-state index contributed by atoms with van der Waals surface area (Å²) in [5.74, 6) is 0. The van der Waals surface area contributed by atoms with Crippen LogP contribution in [0, 0.1) is 0 Å². The lowest BCUT2D eigenvalue weighted by Crippen LogP contribution is -2.15. The van der Waals surface area contributed by atoms with Crippen molar-refractivity contribution >= 4 is 0 Å². The lowest BCUT2D eigenvalue weighted by Gasteiger charge is -2.09. The first kappa shape index (κ1) is 48.5. The predicted octanol–water partition coefficient (Wildman–Crippen LogP) is 4.36.